The van der Waals surface area contributed by atoms with E-state index in [-0.39, 0.29) is 12.2 Å². The highest BCUT2D eigenvalue weighted by Crippen LogP contribution is 2.23. The molecule has 146 valence electrons. The first-order valence-corrected chi connectivity index (χ1v) is 9.83. The Balaban J connectivity index is 2.20. The Morgan fingerprint density at radius 3 is 2.48 bits per heavy atom. The van der Waals surface area contributed by atoms with Crippen LogP contribution in [0.5, 0.6) is 5.75 Å². The van der Waals surface area contributed by atoms with Crippen LogP contribution in [0, 0.1) is 11.6 Å². The van der Waals surface area contributed by atoms with Crippen LogP contribution >= 0.6 is 0 Å². The third-order valence-electron chi connectivity index (χ3n) is 3.85. The third kappa shape index (κ3) is 5.16. The van der Waals surface area contributed by atoms with Gasteiger partial charge >= 0.3 is 0 Å². The predicted molar refractivity (Wildman–Crippen MR) is 98.0 cm³/mol. The number of carbonyl (C=O) groups is 1. The van der Waals surface area contributed by atoms with Crippen LogP contribution in [0.1, 0.15) is 12.5 Å². The van der Waals surface area contributed by atoms with Crippen LogP contribution in [0.3, 0.4) is 0 Å². The zero-order valence-corrected chi connectivity index (χ0v) is 15.9. The van der Waals surface area contributed by atoms with Crippen molar-refractivity contribution in [2.75, 3.05) is 17.7 Å². The Bertz CT molecular complexity index is 935. The van der Waals surface area contributed by atoms with Gasteiger partial charge in [-0.15, -0.1) is 0 Å². The molecule has 2 rings (SSSR count). The van der Waals surface area contributed by atoms with Crippen LogP contribution in [-0.4, -0.2) is 33.7 Å². The van der Waals surface area contributed by atoms with E-state index in [1.807, 2.05) is 0 Å². The quantitative estimate of drug-likeness (QED) is 0.777. The van der Waals surface area contributed by atoms with E-state index < -0.39 is 33.6 Å². The van der Waals surface area contributed by atoms with Crippen molar-refractivity contribution in [3.05, 3.63) is 59.7 Å². The van der Waals surface area contributed by atoms with Crippen molar-refractivity contribution in [2.45, 2.75) is 19.5 Å². The number of hydrogen-bond donors (Lipinski definition) is 1. The first kappa shape index (κ1) is 20.6. The molecule has 1 unspecified atom stereocenters. The summed E-state index contributed by atoms with van der Waals surface area (Å²) in [6.45, 7) is 1.51. The summed E-state index contributed by atoms with van der Waals surface area (Å²) in [6.07, 6.45) is 0.889. The number of ether oxygens (including phenoxy) is 1. The number of nitrogens with one attached hydrogen (secondary N) is 1. The minimum Gasteiger partial charge on any atom is -0.497 e. The molecule has 0 saturated heterocycles. The fourth-order valence-electron chi connectivity index (χ4n) is 2.55. The minimum atomic E-state index is -3.92. The van der Waals surface area contributed by atoms with E-state index in [1.54, 1.807) is 24.3 Å². The second kappa shape index (κ2) is 8.34. The predicted octanol–water partition coefficient (Wildman–Crippen LogP) is 2.44. The number of rotatable bonds is 7. The van der Waals surface area contributed by atoms with Gasteiger partial charge in [-0.3, -0.25) is 9.10 Å². The van der Waals surface area contributed by atoms with Gasteiger partial charge in [0.15, 0.2) is 11.6 Å². The molecule has 27 heavy (non-hydrogen) atoms. The van der Waals surface area contributed by atoms with Gasteiger partial charge in [-0.25, -0.2) is 17.2 Å². The van der Waals surface area contributed by atoms with Crippen molar-refractivity contribution >= 4 is 21.6 Å². The average Bonchev–Trinajstić information content (AvgIpc) is 2.61. The monoisotopic (exact) mass is 398 g/mol. The molecule has 0 radical (unpaired) electrons. The van der Waals surface area contributed by atoms with Crippen LogP contribution < -0.4 is 14.4 Å². The lowest BCUT2D eigenvalue weighted by atomic mass is 10.2. The Kier molecular flexibility index (Phi) is 6.37. The highest BCUT2D eigenvalue weighted by atomic mass is 32.2. The number of carbonyl (C=O) groups excluding carboxylic acids is 1. The molecule has 0 fully saturated rings. The molecule has 0 aliphatic rings. The van der Waals surface area contributed by atoms with Crippen LogP contribution in [0.15, 0.2) is 42.5 Å². The number of hydrogen-bond acceptors (Lipinski definition) is 4. The maximum absolute atomic E-state index is 13.5. The first-order valence-electron chi connectivity index (χ1n) is 7.98. The number of halogens is 2. The Hall–Kier alpha value is -2.68. The lowest BCUT2D eigenvalue weighted by molar-refractivity contribution is -0.122. The maximum atomic E-state index is 13.5. The molecule has 6 nitrogen and oxygen atoms in total. The number of nitrogens with zero attached hydrogens (tertiary/aromatic N) is 1. The maximum Gasteiger partial charge on any atom is 0.243 e. The summed E-state index contributed by atoms with van der Waals surface area (Å²) in [4.78, 5) is 12.5. The highest BCUT2D eigenvalue weighted by molar-refractivity contribution is 7.92. The number of amides is 1. The van der Waals surface area contributed by atoms with Crippen molar-refractivity contribution < 1.29 is 26.7 Å². The molecule has 2 aromatic rings. The van der Waals surface area contributed by atoms with Crippen molar-refractivity contribution in [2.24, 2.45) is 0 Å². The van der Waals surface area contributed by atoms with Gasteiger partial charge in [0, 0.05) is 12.6 Å². The summed E-state index contributed by atoms with van der Waals surface area (Å²) in [6, 6.07) is 8.50. The summed E-state index contributed by atoms with van der Waals surface area (Å²) < 4.78 is 56.8. The lowest BCUT2D eigenvalue weighted by Crippen LogP contribution is -2.47. The number of sulfonamides is 1. The Morgan fingerprint density at radius 1 is 1.19 bits per heavy atom. The van der Waals surface area contributed by atoms with Crippen LogP contribution in [0.4, 0.5) is 14.5 Å². The SMILES string of the molecule is COc1cccc(CNC(=O)C(C)N(c2ccc(F)c(F)c2)S(C)(=O)=O)c1. The van der Waals surface area contributed by atoms with E-state index in [1.165, 1.54) is 14.0 Å². The summed E-state index contributed by atoms with van der Waals surface area (Å²) in [5.41, 5.74) is 0.620. The molecular weight excluding hydrogens is 378 g/mol. The van der Waals surface area contributed by atoms with Crippen molar-refractivity contribution in [1.82, 2.24) is 5.32 Å². The van der Waals surface area contributed by atoms with E-state index in [0.29, 0.717) is 5.75 Å². The zero-order chi connectivity index (χ0) is 20.2. The molecule has 1 amide bonds. The molecule has 1 atom stereocenters. The average molecular weight is 398 g/mol. The molecule has 0 aliphatic carbocycles. The molecule has 9 heteroatoms. The molecule has 0 saturated carbocycles. The van der Waals surface area contributed by atoms with Gasteiger partial charge in [0.1, 0.15) is 11.8 Å². The summed E-state index contributed by atoms with van der Waals surface area (Å²) in [5, 5.41) is 2.63. The normalized spacial score (nSPS) is 12.3. The largest absolute Gasteiger partial charge is 0.497 e. The van der Waals surface area contributed by atoms with E-state index in [0.717, 1.165) is 34.3 Å². The molecule has 1 N–H and O–H groups in total. The molecule has 0 heterocycles. The van der Waals surface area contributed by atoms with Crippen molar-refractivity contribution in [1.29, 1.82) is 0 Å². The molecule has 2 aromatic carbocycles. The van der Waals surface area contributed by atoms with E-state index in [2.05, 4.69) is 5.32 Å². The van der Waals surface area contributed by atoms with E-state index in [9.17, 15) is 22.0 Å². The molecule has 0 bridgehead atoms. The second-order valence-electron chi connectivity index (χ2n) is 5.90. The molecule has 0 spiro atoms. The molecule has 0 aliphatic heterocycles. The van der Waals surface area contributed by atoms with Gasteiger partial charge in [-0.1, -0.05) is 12.1 Å². The smallest absolute Gasteiger partial charge is 0.243 e. The Morgan fingerprint density at radius 2 is 1.89 bits per heavy atom. The van der Waals surface area contributed by atoms with Gasteiger partial charge < -0.3 is 10.1 Å². The fraction of sp³-hybridized carbons (Fsp3) is 0.278. The number of benzene rings is 2. The van der Waals surface area contributed by atoms with Gasteiger partial charge in [0.05, 0.1) is 19.1 Å². The van der Waals surface area contributed by atoms with Crippen LogP contribution in [-0.2, 0) is 21.4 Å². The second-order valence-corrected chi connectivity index (χ2v) is 7.76. The van der Waals surface area contributed by atoms with E-state index in [4.69, 9.17) is 4.74 Å². The molecule has 0 aromatic heterocycles. The van der Waals surface area contributed by atoms with Gasteiger partial charge in [0.2, 0.25) is 15.9 Å². The van der Waals surface area contributed by atoms with Gasteiger partial charge in [0.25, 0.3) is 0 Å². The van der Waals surface area contributed by atoms with E-state index >= 15 is 0 Å². The Labute approximate surface area is 156 Å². The number of anilines is 1. The van der Waals surface area contributed by atoms with Crippen LogP contribution in [0.25, 0.3) is 0 Å². The lowest BCUT2D eigenvalue weighted by Gasteiger charge is -2.28. The summed E-state index contributed by atoms with van der Waals surface area (Å²) in [7, 11) is -2.40. The fourth-order valence-corrected chi connectivity index (χ4v) is 3.72. The topological polar surface area (TPSA) is 75.7 Å². The first-order chi connectivity index (χ1) is 12.6. The van der Waals surface area contributed by atoms with Gasteiger partial charge in [-0.05, 0) is 36.8 Å². The third-order valence-corrected chi connectivity index (χ3v) is 5.09. The summed E-state index contributed by atoms with van der Waals surface area (Å²) >= 11 is 0. The zero-order valence-electron chi connectivity index (χ0n) is 15.1. The van der Waals surface area contributed by atoms with Crippen molar-refractivity contribution in [3.8, 4) is 5.75 Å². The van der Waals surface area contributed by atoms with Crippen molar-refractivity contribution in [3.63, 3.8) is 0 Å². The minimum absolute atomic E-state index is 0.138. The molecular formula is C18H20F2N2O4S. The standard InChI is InChI=1S/C18H20F2N2O4S/c1-12(18(23)21-11-13-5-4-6-15(9-13)26-2)22(27(3,24)25)14-7-8-16(19)17(20)10-14/h4-10,12H,11H2,1-3H3,(H,21,23). The summed E-state index contributed by atoms with van der Waals surface area (Å²) in [5.74, 6) is -2.28. The highest BCUT2D eigenvalue weighted by Gasteiger charge is 2.29. The van der Waals surface area contributed by atoms with Crippen LogP contribution in [0.2, 0.25) is 0 Å². The van der Waals surface area contributed by atoms with Gasteiger partial charge in [-0.2, -0.15) is 0 Å². The number of methoxy groups -OCH3 is 1.